The molecule has 12 rings (SSSR count). The number of fused-ring (bicyclic) bond motifs is 5. The molecule has 0 spiro atoms. The molecule has 6 saturated heterocycles. The molecule has 4 atom stereocenters. The Morgan fingerprint density at radius 1 is 0.825 bits per heavy atom. The molecule has 18 nitrogen and oxygen atoms in total. The Morgan fingerprint density at radius 2 is 1.60 bits per heavy atom. The molecule has 6 fully saturated rings. The number of piperidine rings is 3. The number of nitrogens with one attached hydrogen (secondary N) is 1. The summed E-state index contributed by atoms with van der Waals surface area (Å²) >= 11 is 0. The highest BCUT2D eigenvalue weighted by atomic mass is 19.1. The van der Waals surface area contributed by atoms with Crippen LogP contribution in [0.3, 0.4) is 0 Å². The van der Waals surface area contributed by atoms with Crippen molar-refractivity contribution in [1.82, 2.24) is 39.9 Å². The Hall–Kier alpha value is -6.70. The van der Waals surface area contributed by atoms with E-state index in [-0.39, 0.29) is 66.4 Å². The number of imide groups is 1. The minimum atomic E-state index is -0.615. The van der Waals surface area contributed by atoms with Crippen LogP contribution in [-0.4, -0.2) is 174 Å². The molecule has 4 amide bonds. The number of hydrogen-bond donors (Lipinski definition) is 1. The van der Waals surface area contributed by atoms with E-state index in [1.54, 1.807) is 18.2 Å². The number of amides is 4. The zero-order valence-electron chi connectivity index (χ0n) is 47.2. The zero-order chi connectivity index (χ0) is 55.6. The van der Waals surface area contributed by atoms with Crippen LogP contribution in [0.4, 0.5) is 26.6 Å². The first-order valence-corrected chi connectivity index (χ1v) is 29.2. The number of hydrogen-bond acceptors (Lipinski definition) is 15. The molecule has 5 aromatic rings. The van der Waals surface area contributed by atoms with Crippen LogP contribution in [0.2, 0.25) is 0 Å². The van der Waals surface area contributed by atoms with Gasteiger partial charge in [-0.3, -0.25) is 34.5 Å². The second kappa shape index (κ2) is 22.0. The highest BCUT2D eigenvalue weighted by Crippen LogP contribution is 2.42. The Kier molecular flexibility index (Phi) is 14.8. The van der Waals surface area contributed by atoms with Crippen LogP contribution >= 0.6 is 0 Å². The summed E-state index contributed by atoms with van der Waals surface area (Å²) in [5.41, 5.74) is 4.21. The fraction of sp³-hybridized carbons (Fsp3) is 0.557. The number of likely N-dealkylation sites (tertiary alicyclic amines) is 1. The van der Waals surface area contributed by atoms with E-state index in [2.05, 4.69) is 55.8 Å². The van der Waals surface area contributed by atoms with Crippen molar-refractivity contribution in [3.8, 4) is 17.0 Å². The summed E-state index contributed by atoms with van der Waals surface area (Å²) in [7, 11) is 1.57. The van der Waals surface area contributed by atoms with Crippen LogP contribution in [0.1, 0.15) is 107 Å². The second-order valence-electron chi connectivity index (χ2n) is 24.3. The monoisotopic (exact) mass is 1090 g/mol. The van der Waals surface area contributed by atoms with Crippen LogP contribution in [0.15, 0.2) is 54.7 Å². The smallest absolute Gasteiger partial charge is 0.410 e. The van der Waals surface area contributed by atoms with Gasteiger partial charge < -0.3 is 38.7 Å². The topological polar surface area (TPSA) is 169 Å². The van der Waals surface area contributed by atoms with Crippen molar-refractivity contribution in [3.05, 3.63) is 77.2 Å². The molecule has 9 heterocycles. The van der Waals surface area contributed by atoms with E-state index in [9.17, 15) is 19.2 Å². The van der Waals surface area contributed by atoms with Crippen LogP contribution < -0.4 is 24.8 Å². The predicted molar refractivity (Wildman–Crippen MR) is 304 cm³/mol. The normalized spacial score (nSPS) is 23.6. The minimum Gasteiger partial charge on any atom is -0.468 e. The van der Waals surface area contributed by atoms with Gasteiger partial charge in [0.05, 0.1) is 17.5 Å². The van der Waals surface area contributed by atoms with Crippen LogP contribution in [-0.2, 0) is 32.0 Å². The molecule has 0 radical (unpaired) electrons. The number of rotatable bonds is 12. The number of carbonyl (C=O) groups is 4. The molecule has 3 unspecified atom stereocenters. The van der Waals surface area contributed by atoms with E-state index in [0.29, 0.717) is 78.6 Å². The lowest BCUT2D eigenvalue weighted by molar-refractivity contribution is -0.136. The lowest BCUT2D eigenvalue weighted by Crippen LogP contribution is -2.57. The van der Waals surface area contributed by atoms with Crippen molar-refractivity contribution < 1.29 is 37.8 Å². The van der Waals surface area contributed by atoms with E-state index >= 15 is 4.39 Å². The number of halogens is 1. The molecule has 19 heteroatoms. The summed E-state index contributed by atoms with van der Waals surface area (Å²) < 4.78 is 35.0. The molecular formula is C61H76FN11O7. The third kappa shape index (κ3) is 10.5. The van der Waals surface area contributed by atoms with Crippen molar-refractivity contribution in [3.63, 3.8) is 0 Å². The van der Waals surface area contributed by atoms with E-state index < -0.39 is 17.5 Å². The molecule has 0 aliphatic carbocycles. The Bertz CT molecular complexity index is 3200. The van der Waals surface area contributed by atoms with Crippen molar-refractivity contribution >= 4 is 62.9 Å². The lowest BCUT2D eigenvalue weighted by Gasteiger charge is -2.45. The van der Waals surface area contributed by atoms with Crippen LogP contribution in [0, 0.1) is 11.7 Å². The minimum absolute atomic E-state index is 0.0463. The first-order valence-electron chi connectivity index (χ1n) is 29.2. The molecular weight excluding hydrogens is 1020 g/mol. The van der Waals surface area contributed by atoms with Crippen molar-refractivity contribution in [2.75, 3.05) is 94.1 Å². The van der Waals surface area contributed by atoms with E-state index in [1.165, 1.54) is 0 Å². The van der Waals surface area contributed by atoms with Gasteiger partial charge in [0.1, 0.15) is 34.4 Å². The summed E-state index contributed by atoms with van der Waals surface area (Å²) in [5, 5.41) is 4.77. The Balaban J connectivity index is 0.724. The number of ether oxygens (including phenoxy) is 3. The van der Waals surface area contributed by atoms with Gasteiger partial charge in [0, 0.05) is 108 Å². The number of benzene rings is 3. The highest BCUT2D eigenvalue weighted by molar-refractivity contribution is 6.06. The number of pyridine rings is 1. The molecule has 424 valence electrons. The van der Waals surface area contributed by atoms with Gasteiger partial charge in [-0.1, -0.05) is 25.1 Å². The van der Waals surface area contributed by atoms with Gasteiger partial charge >= 0.3 is 6.09 Å². The fourth-order valence-electron chi connectivity index (χ4n) is 14.1. The third-order valence-electron chi connectivity index (χ3n) is 18.0. The van der Waals surface area contributed by atoms with Gasteiger partial charge in [0.2, 0.25) is 17.8 Å². The molecule has 1 N–H and O–H groups in total. The Morgan fingerprint density at radius 3 is 2.31 bits per heavy atom. The van der Waals surface area contributed by atoms with Crippen LogP contribution in [0.5, 0.6) is 5.75 Å². The standard InChI is InChI=1S/C61H76FN11O7/c1-7-39-9-8-10-40-28-46(79-36-78-6)29-48(52(39)40)54-53(62)55-49(30-63-54)56(70-34-44-11-12-45(35-70)73(44)60(77)80-61(3,4)5)66-59(65-55)71-26-25-67(31-37(71)2)32-38-17-21-68(22-18-38)42-19-23-69(24-20-42)43-13-14-47-41(27-43)33-72(58(47)76)50-15-16-51(74)64-57(50)75/h8-10,13-14,27-30,37-38,42,44-45,50H,7,11-12,15-26,31-36H2,1-6H3,(H,64,74,75)/t37-,44?,45?,50?/m0/s1. The quantitative estimate of drug-likeness (QED) is 0.0950. The maximum Gasteiger partial charge on any atom is 0.410 e. The number of piperazine rings is 2. The molecule has 2 aromatic heterocycles. The van der Waals surface area contributed by atoms with Gasteiger partial charge in [0.15, 0.2) is 12.6 Å². The highest BCUT2D eigenvalue weighted by Gasteiger charge is 2.46. The molecule has 3 aromatic carbocycles. The van der Waals surface area contributed by atoms with Crippen molar-refractivity contribution in [1.29, 1.82) is 0 Å². The molecule has 2 bridgehead atoms. The number of aryl methyl sites for hydroxylation is 1. The lowest BCUT2D eigenvalue weighted by atomic mass is 9.92. The molecule has 80 heavy (non-hydrogen) atoms. The average molecular weight is 1090 g/mol. The number of carbonyl (C=O) groups excluding carboxylic acids is 4. The maximum atomic E-state index is 17.9. The number of methoxy groups -OCH3 is 1. The maximum absolute atomic E-state index is 17.9. The van der Waals surface area contributed by atoms with Crippen LogP contribution in [0.25, 0.3) is 32.9 Å². The fourth-order valence-corrected chi connectivity index (χ4v) is 14.1. The summed E-state index contributed by atoms with van der Waals surface area (Å²) in [5.74, 6) is 0.961. The van der Waals surface area contributed by atoms with Gasteiger partial charge in [-0.2, -0.15) is 4.98 Å². The summed E-state index contributed by atoms with van der Waals surface area (Å²) in [6.07, 6.45) is 8.96. The second-order valence-corrected chi connectivity index (χ2v) is 24.3. The average Bonchev–Trinajstić information content (AvgIpc) is 4.07. The summed E-state index contributed by atoms with van der Waals surface area (Å²) in [4.78, 5) is 82.4. The van der Waals surface area contributed by atoms with Gasteiger partial charge in [-0.25, -0.2) is 14.2 Å². The first kappa shape index (κ1) is 53.9. The third-order valence-corrected chi connectivity index (χ3v) is 18.0. The SMILES string of the molecule is CCc1cccc2cc(OCOC)cc(-c3ncc4c(N5CC6CCC(C5)N6C(=O)OC(C)(C)C)nc(N5CCN(CC6CCN(C7CCN(c8ccc9c(c8)CN(C8CCC(=O)NC8=O)C9=O)CC7)CC6)C[C@@H]5C)nc4c3F)c12. The number of aromatic nitrogens is 3. The summed E-state index contributed by atoms with van der Waals surface area (Å²) in [6.45, 7) is 19.0. The van der Waals surface area contributed by atoms with E-state index in [0.717, 1.165) is 118 Å². The van der Waals surface area contributed by atoms with Crippen molar-refractivity contribution in [2.45, 2.75) is 135 Å². The predicted octanol–water partition coefficient (Wildman–Crippen LogP) is 7.77. The first-order chi connectivity index (χ1) is 38.6. The Labute approximate surface area is 467 Å². The summed E-state index contributed by atoms with van der Waals surface area (Å²) in [6, 6.07) is 15.8. The van der Waals surface area contributed by atoms with E-state index in [4.69, 9.17) is 29.2 Å². The van der Waals surface area contributed by atoms with Gasteiger partial charge in [0.25, 0.3) is 5.91 Å². The van der Waals surface area contributed by atoms with E-state index in [1.807, 2.05) is 62.1 Å². The van der Waals surface area contributed by atoms with Crippen molar-refractivity contribution in [2.24, 2.45) is 5.92 Å². The number of anilines is 3. The van der Waals surface area contributed by atoms with Gasteiger partial charge in [-0.05, 0) is 150 Å². The molecule has 7 aliphatic rings. The molecule has 0 saturated carbocycles. The largest absolute Gasteiger partial charge is 0.468 e. The van der Waals surface area contributed by atoms with Gasteiger partial charge in [-0.15, -0.1) is 0 Å². The zero-order valence-corrected chi connectivity index (χ0v) is 47.2. The number of nitrogens with zero attached hydrogens (tertiary/aromatic N) is 10. The molecule has 7 aliphatic heterocycles.